The molecule has 3 aliphatic carbocycles. The van der Waals surface area contributed by atoms with Gasteiger partial charge in [-0.15, -0.1) is 0 Å². The van der Waals surface area contributed by atoms with Crippen molar-refractivity contribution in [3.63, 3.8) is 0 Å². The van der Waals surface area contributed by atoms with E-state index in [0.717, 1.165) is 29.6 Å². The Morgan fingerprint density at radius 3 is 2.83 bits per heavy atom. The van der Waals surface area contributed by atoms with Crippen molar-refractivity contribution in [1.29, 1.82) is 0 Å². The van der Waals surface area contributed by atoms with Crippen LogP contribution in [-0.4, -0.2) is 60.5 Å². The summed E-state index contributed by atoms with van der Waals surface area (Å²) in [5, 5.41) is 24.1. The minimum Gasteiger partial charge on any atom is -0.504 e. The number of phenolic OH excluding ortho intramolecular Hbond substituents is 1. The second-order valence-corrected chi connectivity index (χ2v) is 12.3. The van der Waals surface area contributed by atoms with E-state index in [2.05, 4.69) is 4.90 Å². The third kappa shape index (κ3) is 3.11. The molecule has 3 fully saturated rings. The molecule has 35 heavy (non-hydrogen) atoms. The Morgan fingerprint density at radius 2 is 2.06 bits per heavy atom. The van der Waals surface area contributed by atoms with Gasteiger partial charge in [-0.2, -0.15) is 8.42 Å². The maximum atomic E-state index is 12.9. The Balaban J connectivity index is 1.27. The van der Waals surface area contributed by atoms with Gasteiger partial charge in [-0.05, 0) is 74.8 Å². The molecule has 0 unspecified atom stereocenters. The standard InChI is InChI=1S/C26H29NO7S/c28-19-4-3-18-13-21-26(29)8-5-20(34-35(30,31)12-7-17-6-11-32-15-17)24-25(26,22(18)23(19)33-24)9-10-27(21)14-16-1-2-16/h3-4,6-7,11-12,15-16,20-21,24,28-29H,1-2,5,8-10,13-14H2/t20-,21-,24+,25+,26-/m1/s1. The van der Waals surface area contributed by atoms with Crippen LogP contribution in [0.5, 0.6) is 11.5 Å². The van der Waals surface area contributed by atoms with Crippen molar-refractivity contribution in [2.45, 2.75) is 67.8 Å². The summed E-state index contributed by atoms with van der Waals surface area (Å²) in [7, 11) is -4.03. The van der Waals surface area contributed by atoms with Gasteiger partial charge >= 0.3 is 0 Å². The first-order valence-corrected chi connectivity index (χ1v) is 13.9. The second-order valence-electron chi connectivity index (χ2n) is 10.8. The molecule has 0 amide bonds. The number of furan rings is 1. The Hall–Kier alpha value is -2.33. The number of phenols is 1. The zero-order valence-electron chi connectivity index (χ0n) is 19.3. The van der Waals surface area contributed by atoms with Crippen LogP contribution in [0.3, 0.4) is 0 Å². The lowest BCUT2D eigenvalue weighted by Crippen LogP contribution is -2.77. The van der Waals surface area contributed by atoms with Crippen LogP contribution in [0, 0.1) is 5.92 Å². The number of hydrogen-bond acceptors (Lipinski definition) is 8. The Labute approximate surface area is 204 Å². The van der Waals surface area contributed by atoms with Crippen molar-refractivity contribution in [3.8, 4) is 11.5 Å². The quantitative estimate of drug-likeness (QED) is 0.584. The van der Waals surface area contributed by atoms with Crippen LogP contribution >= 0.6 is 0 Å². The van der Waals surface area contributed by atoms with E-state index in [1.54, 1.807) is 12.1 Å². The first-order chi connectivity index (χ1) is 16.8. The van der Waals surface area contributed by atoms with E-state index in [0.29, 0.717) is 42.9 Å². The summed E-state index contributed by atoms with van der Waals surface area (Å²) in [6.45, 7) is 1.79. The molecule has 5 aliphatic rings. The minimum atomic E-state index is -4.03. The van der Waals surface area contributed by atoms with Crippen LogP contribution in [0.25, 0.3) is 6.08 Å². The first kappa shape index (κ1) is 21.9. The van der Waals surface area contributed by atoms with Crippen molar-refractivity contribution in [3.05, 3.63) is 52.8 Å². The summed E-state index contributed by atoms with van der Waals surface area (Å²) < 4.78 is 42.9. The molecule has 2 bridgehead atoms. The van der Waals surface area contributed by atoms with Crippen molar-refractivity contribution in [1.82, 2.24) is 4.90 Å². The third-order valence-corrected chi connectivity index (χ3v) is 9.92. The van der Waals surface area contributed by atoms with Crippen molar-refractivity contribution in [2.24, 2.45) is 5.92 Å². The van der Waals surface area contributed by atoms with Gasteiger partial charge in [0.15, 0.2) is 11.5 Å². The van der Waals surface area contributed by atoms with Gasteiger partial charge in [0.2, 0.25) is 0 Å². The van der Waals surface area contributed by atoms with Gasteiger partial charge in [0.05, 0.1) is 29.0 Å². The number of benzene rings is 1. The van der Waals surface area contributed by atoms with Gasteiger partial charge in [-0.3, -0.25) is 9.08 Å². The fourth-order valence-corrected chi connectivity index (χ4v) is 8.20. The van der Waals surface area contributed by atoms with Crippen LogP contribution in [0.2, 0.25) is 0 Å². The highest BCUT2D eigenvalue weighted by atomic mass is 32.2. The number of piperidine rings is 1. The molecule has 1 aromatic carbocycles. The van der Waals surface area contributed by atoms with E-state index in [1.165, 1.54) is 31.4 Å². The van der Waals surface area contributed by atoms with Crippen LogP contribution in [0.1, 0.15) is 48.8 Å². The number of rotatable bonds is 6. The molecule has 2 aliphatic heterocycles. The van der Waals surface area contributed by atoms with Crippen LogP contribution < -0.4 is 4.74 Å². The lowest BCUT2D eigenvalue weighted by molar-refractivity contribution is -0.204. The maximum Gasteiger partial charge on any atom is 0.290 e. The number of nitrogens with zero attached hydrogens (tertiary/aromatic N) is 1. The van der Waals surface area contributed by atoms with Crippen LogP contribution in [0.15, 0.2) is 40.6 Å². The third-order valence-electron chi connectivity index (χ3n) is 8.94. The fourth-order valence-electron chi connectivity index (χ4n) is 7.27. The molecule has 5 atom stereocenters. The highest BCUT2D eigenvalue weighted by Gasteiger charge is 2.73. The number of aliphatic hydroxyl groups is 1. The molecule has 8 nitrogen and oxygen atoms in total. The van der Waals surface area contributed by atoms with E-state index < -0.39 is 33.3 Å². The first-order valence-electron chi connectivity index (χ1n) is 12.4. The Kier molecular flexibility index (Phi) is 4.60. The molecule has 7 rings (SSSR count). The molecule has 1 spiro atoms. The number of hydrogen-bond donors (Lipinski definition) is 2. The monoisotopic (exact) mass is 499 g/mol. The Morgan fingerprint density at radius 1 is 1.20 bits per heavy atom. The average molecular weight is 500 g/mol. The van der Waals surface area contributed by atoms with Gasteiger partial charge in [-0.1, -0.05) is 6.07 Å². The topological polar surface area (TPSA) is 109 Å². The van der Waals surface area contributed by atoms with Gasteiger partial charge in [0.1, 0.15) is 12.2 Å². The van der Waals surface area contributed by atoms with Gasteiger partial charge in [0.25, 0.3) is 10.1 Å². The SMILES string of the molecule is O=S(=O)(C=Cc1ccoc1)O[C@@H]1CC[C@@]2(O)[C@H]3Cc4ccc(O)c5c4[C@@]2(CCN3CC2CC2)[C@H]1O5. The summed E-state index contributed by atoms with van der Waals surface area (Å²) >= 11 is 0. The molecule has 1 aromatic heterocycles. The molecule has 2 aromatic rings. The zero-order chi connectivity index (χ0) is 24.0. The molecule has 1 saturated heterocycles. The molecular formula is C26H29NO7S. The highest BCUT2D eigenvalue weighted by molar-refractivity contribution is 7.89. The summed E-state index contributed by atoms with van der Waals surface area (Å²) in [4.78, 5) is 2.44. The van der Waals surface area contributed by atoms with Gasteiger partial charge < -0.3 is 19.4 Å². The van der Waals surface area contributed by atoms with E-state index >= 15 is 0 Å². The van der Waals surface area contributed by atoms with E-state index in [9.17, 15) is 18.6 Å². The van der Waals surface area contributed by atoms with Crippen molar-refractivity contribution < 1.29 is 32.0 Å². The van der Waals surface area contributed by atoms with Crippen LogP contribution in [0.4, 0.5) is 0 Å². The largest absolute Gasteiger partial charge is 0.504 e. The lowest BCUT2D eigenvalue weighted by Gasteiger charge is -2.64. The minimum absolute atomic E-state index is 0.0233. The van der Waals surface area contributed by atoms with Gasteiger partial charge in [0, 0.05) is 23.7 Å². The van der Waals surface area contributed by atoms with E-state index in [1.807, 2.05) is 6.07 Å². The lowest BCUT2D eigenvalue weighted by atomic mass is 9.48. The summed E-state index contributed by atoms with van der Waals surface area (Å²) in [6, 6.07) is 5.17. The van der Waals surface area contributed by atoms with Gasteiger partial charge in [-0.25, -0.2) is 0 Å². The van der Waals surface area contributed by atoms with E-state index in [4.69, 9.17) is 13.3 Å². The molecule has 0 radical (unpaired) electrons. The molecular weight excluding hydrogens is 470 g/mol. The second kappa shape index (κ2) is 7.35. The predicted octanol–water partition coefficient (Wildman–Crippen LogP) is 2.94. The summed E-state index contributed by atoms with van der Waals surface area (Å²) in [5.74, 6) is 1.10. The normalized spacial score (nSPS) is 35.7. The molecule has 2 N–H and O–H groups in total. The van der Waals surface area contributed by atoms with E-state index in [-0.39, 0.29) is 11.8 Å². The zero-order valence-corrected chi connectivity index (χ0v) is 20.1. The number of ether oxygens (including phenoxy) is 1. The predicted molar refractivity (Wildman–Crippen MR) is 126 cm³/mol. The molecule has 186 valence electrons. The number of aromatic hydroxyl groups is 1. The Bertz CT molecular complexity index is 1300. The maximum absolute atomic E-state index is 12.9. The highest BCUT2D eigenvalue weighted by Crippen LogP contribution is 2.66. The molecule has 2 saturated carbocycles. The fraction of sp³-hybridized carbons (Fsp3) is 0.538. The summed E-state index contributed by atoms with van der Waals surface area (Å²) in [5.41, 5.74) is 0.649. The smallest absolute Gasteiger partial charge is 0.290 e. The molecule has 3 heterocycles. The van der Waals surface area contributed by atoms with Crippen molar-refractivity contribution >= 4 is 16.2 Å². The molecule has 9 heteroatoms. The van der Waals surface area contributed by atoms with Crippen LogP contribution in [-0.2, 0) is 26.1 Å². The van der Waals surface area contributed by atoms with Crippen molar-refractivity contribution in [2.75, 3.05) is 13.1 Å². The average Bonchev–Trinajstić information content (AvgIpc) is 3.33. The number of likely N-dealkylation sites (tertiary alicyclic amines) is 1. The summed E-state index contributed by atoms with van der Waals surface area (Å²) in [6.07, 6.45) is 7.44.